The van der Waals surface area contributed by atoms with Gasteiger partial charge >= 0.3 is 29.6 Å². The average Bonchev–Trinajstić information content (AvgIpc) is 2.37. The molecule has 2 rings (SSSR count). The molecule has 0 fully saturated rings. The van der Waals surface area contributed by atoms with Crippen molar-refractivity contribution in [1.82, 2.24) is 0 Å². The Bertz CT molecular complexity index is 853. The van der Waals surface area contributed by atoms with E-state index in [2.05, 4.69) is 0 Å². The minimum absolute atomic E-state index is 0. The molecule has 0 saturated carbocycles. The standard InChI is InChI=1S/C13H13NO4S2.Na.H/c1-19(15,16)12-9-5-8-11(13(12)20(14,17)18)10-6-3-2-4-7-10;;/h2-9H,1H3,(H2,14,17,18);;/q;+1;-1. The Morgan fingerprint density at radius 1 is 0.905 bits per heavy atom. The van der Waals surface area contributed by atoms with Crippen molar-refractivity contribution in [2.45, 2.75) is 9.79 Å². The van der Waals surface area contributed by atoms with Gasteiger partial charge in [-0.1, -0.05) is 42.5 Å². The quantitative estimate of drug-likeness (QED) is 0.692. The van der Waals surface area contributed by atoms with Crippen LogP contribution in [0.15, 0.2) is 58.3 Å². The van der Waals surface area contributed by atoms with E-state index in [-0.39, 0.29) is 46.3 Å². The Kier molecular flexibility index (Phi) is 5.76. The van der Waals surface area contributed by atoms with Crippen LogP contribution in [0.3, 0.4) is 0 Å². The maximum Gasteiger partial charge on any atom is 1.00 e. The summed E-state index contributed by atoms with van der Waals surface area (Å²) in [6.45, 7) is 0. The first-order chi connectivity index (χ1) is 9.21. The van der Waals surface area contributed by atoms with E-state index in [1.54, 1.807) is 30.3 Å². The molecule has 0 saturated heterocycles. The topological polar surface area (TPSA) is 94.3 Å². The molecule has 21 heavy (non-hydrogen) atoms. The molecule has 0 aliphatic heterocycles. The summed E-state index contributed by atoms with van der Waals surface area (Å²) in [7, 11) is -7.88. The summed E-state index contributed by atoms with van der Waals surface area (Å²) in [6, 6.07) is 12.9. The van der Waals surface area contributed by atoms with Crippen molar-refractivity contribution < 1.29 is 47.8 Å². The average molecular weight is 335 g/mol. The van der Waals surface area contributed by atoms with Crippen LogP contribution < -0.4 is 34.7 Å². The molecule has 0 spiro atoms. The summed E-state index contributed by atoms with van der Waals surface area (Å²) >= 11 is 0. The van der Waals surface area contributed by atoms with Gasteiger partial charge in [-0.2, -0.15) is 0 Å². The van der Waals surface area contributed by atoms with Gasteiger partial charge in [-0.15, -0.1) is 0 Å². The van der Waals surface area contributed by atoms with Gasteiger partial charge in [0.15, 0.2) is 9.84 Å². The predicted octanol–water partition coefficient (Wildman–Crippen LogP) is -1.48. The third-order valence-electron chi connectivity index (χ3n) is 2.75. The number of rotatable bonds is 3. The fraction of sp³-hybridized carbons (Fsp3) is 0.0769. The van der Waals surface area contributed by atoms with Gasteiger partial charge in [0.1, 0.15) is 4.90 Å². The van der Waals surface area contributed by atoms with E-state index in [4.69, 9.17) is 5.14 Å². The molecule has 8 heteroatoms. The van der Waals surface area contributed by atoms with Gasteiger partial charge in [0.05, 0.1) is 4.90 Å². The van der Waals surface area contributed by atoms with Crippen LogP contribution in [-0.4, -0.2) is 23.1 Å². The molecule has 0 aromatic heterocycles. The van der Waals surface area contributed by atoms with Crippen molar-refractivity contribution in [3.05, 3.63) is 48.5 Å². The molecular weight excluding hydrogens is 321 g/mol. The van der Waals surface area contributed by atoms with Gasteiger partial charge < -0.3 is 1.43 Å². The molecule has 0 bridgehead atoms. The maximum absolute atomic E-state index is 11.8. The Morgan fingerprint density at radius 2 is 1.48 bits per heavy atom. The largest absolute Gasteiger partial charge is 1.00 e. The number of benzene rings is 2. The zero-order chi connectivity index (χ0) is 15.0. The second-order valence-electron chi connectivity index (χ2n) is 4.32. The molecule has 2 aromatic carbocycles. The van der Waals surface area contributed by atoms with Crippen molar-refractivity contribution in [3.8, 4) is 11.1 Å². The summed E-state index contributed by atoms with van der Waals surface area (Å²) in [6.07, 6.45) is 0.950. The van der Waals surface area contributed by atoms with Gasteiger partial charge in [0, 0.05) is 11.8 Å². The molecule has 0 unspecified atom stereocenters. The van der Waals surface area contributed by atoms with Crippen LogP contribution in [0, 0.1) is 0 Å². The molecule has 0 aliphatic carbocycles. The van der Waals surface area contributed by atoms with Crippen molar-refractivity contribution in [3.63, 3.8) is 0 Å². The van der Waals surface area contributed by atoms with Crippen LogP contribution in [0.1, 0.15) is 1.43 Å². The van der Waals surface area contributed by atoms with Crippen molar-refractivity contribution in [2.24, 2.45) is 5.14 Å². The van der Waals surface area contributed by atoms with Gasteiger partial charge in [0.2, 0.25) is 10.0 Å². The number of primary sulfonamides is 1. The maximum atomic E-state index is 11.8. The summed E-state index contributed by atoms with van der Waals surface area (Å²) < 4.78 is 47.1. The third-order valence-corrected chi connectivity index (χ3v) is 5.02. The third kappa shape index (κ3) is 4.15. The molecular formula is C13H14NNaO4S2. The van der Waals surface area contributed by atoms with E-state index in [1.165, 1.54) is 18.2 Å². The van der Waals surface area contributed by atoms with Crippen LogP contribution in [0.2, 0.25) is 0 Å². The van der Waals surface area contributed by atoms with Crippen LogP contribution in [-0.2, 0) is 19.9 Å². The molecule has 0 atom stereocenters. The molecule has 2 N–H and O–H groups in total. The molecule has 2 aromatic rings. The van der Waals surface area contributed by atoms with E-state index in [1.807, 2.05) is 0 Å². The smallest absolute Gasteiger partial charge is 1.00 e. The molecule has 5 nitrogen and oxygen atoms in total. The summed E-state index contributed by atoms with van der Waals surface area (Å²) in [5.41, 5.74) is 0.859. The Labute approximate surface area is 147 Å². The predicted molar refractivity (Wildman–Crippen MR) is 77.5 cm³/mol. The normalized spacial score (nSPS) is 11.7. The second-order valence-corrected chi connectivity index (χ2v) is 7.80. The van der Waals surface area contributed by atoms with Crippen LogP contribution in [0.4, 0.5) is 0 Å². The van der Waals surface area contributed by atoms with E-state index in [0.717, 1.165) is 6.26 Å². The minimum Gasteiger partial charge on any atom is -1.00 e. The van der Waals surface area contributed by atoms with Crippen molar-refractivity contribution >= 4 is 19.9 Å². The molecule has 0 radical (unpaired) electrons. The number of sulfone groups is 1. The second kappa shape index (κ2) is 6.60. The molecule has 0 amide bonds. The number of nitrogens with two attached hydrogens (primary N) is 1. The summed E-state index contributed by atoms with van der Waals surface area (Å²) in [4.78, 5) is -0.657. The fourth-order valence-electron chi connectivity index (χ4n) is 1.95. The first kappa shape index (κ1) is 18.3. The van der Waals surface area contributed by atoms with E-state index in [9.17, 15) is 16.8 Å². The van der Waals surface area contributed by atoms with Gasteiger partial charge in [-0.25, -0.2) is 22.0 Å². The number of hydrogen-bond acceptors (Lipinski definition) is 4. The number of hydrogen-bond donors (Lipinski definition) is 1. The van der Waals surface area contributed by atoms with Crippen LogP contribution in [0.25, 0.3) is 11.1 Å². The monoisotopic (exact) mass is 335 g/mol. The first-order valence-electron chi connectivity index (χ1n) is 5.62. The summed E-state index contributed by atoms with van der Waals surface area (Å²) in [5, 5.41) is 5.20. The molecule has 0 aliphatic rings. The molecule has 108 valence electrons. The number of sulfonamides is 1. The van der Waals surface area contributed by atoms with E-state index < -0.39 is 19.9 Å². The van der Waals surface area contributed by atoms with E-state index >= 15 is 0 Å². The zero-order valence-corrected chi connectivity index (χ0v) is 15.3. The summed E-state index contributed by atoms with van der Waals surface area (Å²) in [5.74, 6) is 0. The van der Waals surface area contributed by atoms with Gasteiger partial charge in [0.25, 0.3) is 0 Å². The Balaban J connectivity index is 0.00000220. The van der Waals surface area contributed by atoms with Crippen LogP contribution in [0.5, 0.6) is 0 Å². The Hall–Kier alpha value is -0.700. The van der Waals surface area contributed by atoms with Crippen molar-refractivity contribution in [2.75, 3.05) is 6.26 Å². The van der Waals surface area contributed by atoms with Crippen molar-refractivity contribution in [1.29, 1.82) is 0 Å². The Morgan fingerprint density at radius 3 is 1.95 bits per heavy atom. The first-order valence-corrected chi connectivity index (χ1v) is 9.06. The zero-order valence-electron chi connectivity index (χ0n) is 12.6. The minimum atomic E-state index is -4.17. The molecule has 0 heterocycles. The SMILES string of the molecule is CS(=O)(=O)c1cccc(-c2ccccc2)c1S(N)(=O)=O.[H-].[Na+]. The van der Waals surface area contributed by atoms with Gasteiger partial charge in [-0.05, 0) is 11.6 Å². The van der Waals surface area contributed by atoms with Gasteiger partial charge in [-0.3, -0.25) is 0 Å². The van der Waals surface area contributed by atoms with Crippen LogP contribution >= 0.6 is 0 Å². The fourth-order valence-corrected chi connectivity index (χ4v) is 4.36. The van der Waals surface area contributed by atoms with E-state index in [0.29, 0.717) is 5.56 Å².